The summed E-state index contributed by atoms with van der Waals surface area (Å²) in [4.78, 5) is 12.6. The number of ether oxygens (including phenoxy) is 3. The summed E-state index contributed by atoms with van der Waals surface area (Å²) in [5.41, 5.74) is 0.153. The van der Waals surface area contributed by atoms with Gasteiger partial charge < -0.3 is 19.5 Å². The molecule has 0 aliphatic rings. The fourth-order valence-electron chi connectivity index (χ4n) is 3.20. The molecule has 0 saturated heterocycles. The molecule has 0 heterocycles. The summed E-state index contributed by atoms with van der Waals surface area (Å²) in [6.45, 7) is 2.04. The molecule has 1 N–H and O–H groups in total. The molecule has 0 saturated carbocycles. The molecule has 8 nitrogen and oxygen atoms in total. The van der Waals surface area contributed by atoms with E-state index in [4.69, 9.17) is 14.2 Å². The summed E-state index contributed by atoms with van der Waals surface area (Å²) in [7, 11) is -2.60. The maximum absolute atomic E-state index is 13.5. The minimum atomic E-state index is -4.13. The molecule has 3 aromatic rings. The maximum atomic E-state index is 13.5. The number of nitrogens with zero attached hydrogens (tertiary/aromatic N) is 1. The normalized spacial score (nSPS) is 10.9. The van der Waals surface area contributed by atoms with Gasteiger partial charge in [0.15, 0.2) is 11.5 Å². The number of nitrogens with one attached hydrogen (secondary N) is 1. The number of para-hydroxylation sites is 2. The predicted molar refractivity (Wildman–Crippen MR) is 130 cm³/mol. The third kappa shape index (κ3) is 6.86. The number of carbonyl (C=O) groups is 1. The highest BCUT2D eigenvalue weighted by Crippen LogP contribution is 2.26. The fraction of sp³-hybridized carbons (Fsp3) is 0.240. The van der Waals surface area contributed by atoms with Gasteiger partial charge in [0, 0.05) is 0 Å². The van der Waals surface area contributed by atoms with E-state index in [2.05, 4.69) is 5.32 Å². The molecule has 0 spiro atoms. The molecule has 0 unspecified atom stereocenters. The Hall–Kier alpha value is -3.79. The predicted octanol–water partition coefficient (Wildman–Crippen LogP) is 3.62. The lowest BCUT2D eigenvalue weighted by atomic mass is 10.3. The Morgan fingerprint density at radius 1 is 0.943 bits per heavy atom. The number of amides is 1. The van der Waals surface area contributed by atoms with Gasteiger partial charge in [0.05, 0.1) is 30.8 Å². The van der Waals surface area contributed by atoms with Crippen molar-refractivity contribution < 1.29 is 31.8 Å². The molecule has 0 bridgehead atoms. The first kappa shape index (κ1) is 25.8. The van der Waals surface area contributed by atoms with Crippen LogP contribution in [0.3, 0.4) is 0 Å². The molecule has 0 radical (unpaired) electrons. The van der Waals surface area contributed by atoms with Crippen LogP contribution in [0.1, 0.15) is 6.92 Å². The highest BCUT2D eigenvalue weighted by Gasteiger charge is 2.27. The van der Waals surface area contributed by atoms with Crippen molar-refractivity contribution in [3.63, 3.8) is 0 Å². The molecule has 0 aromatic heterocycles. The summed E-state index contributed by atoms with van der Waals surface area (Å²) in [6, 6.07) is 17.8. The number of benzene rings is 3. The number of carbonyl (C=O) groups excluding carboxylic acids is 1. The van der Waals surface area contributed by atoms with Crippen molar-refractivity contribution in [2.75, 3.05) is 37.7 Å². The van der Waals surface area contributed by atoms with Crippen LogP contribution in [-0.4, -0.2) is 47.7 Å². The molecule has 3 aromatic carbocycles. The second kappa shape index (κ2) is 12.1. The van der Waals surface area contributed by atoms with Crippen molar-refractivity contribution in [2.24, 2.45) is 0 Å². The largest absolute Gasteiger partial charge is 0.494 e. The van der Waals surface area contributed by atoms with Crippen LogP contribution in [0.15, 0.2) is 77.7 Å². The van der Waals surface area contributed by atoms with Crippen LogP contribution >= 0.6 is 0 Å². The second-order valence-electron chi connectivity index (χ2n) is 7.24. The van der Waals surface area contributed by atoms with E-state index in [-0.39, 0.29) is 23.7 Å². The Morgan fingerprint density at radius 2 is 1.60 bits per heavy atom. The summed E-state index contributed by atoms with van der Waals surface area (Å²) in [5.74, 6) is 0.531. The minimum absolute atomic E-state index is 0.0300. The van der Waals surface area contributed by atoms with Gasteiger partial charge in [-0.15, -0.1) is 0 Å². The molecular formula is C25H27FN2O6S. The Morgan fingerprint density at radius 3 is 2.23 bits per heavy atom. The van der Waals surface area contributed by atoms with E-state index >= 15 is 0 Å². The van der Waals surface area contributed by atoms with Crippen LogP contribution in [0.5, 0.6) is 17.2 Å². The summed E-state index contributed by atoms with van der Waals surface area (Å²) in [5, 5.41) is 2.65. The van der Waals surface area contributed by atoms with Gasteiger partial charge in [0.25, 0.3) is 10.0 Å². The first-order valence-corrected chi connectivity index (χ1v) is 12.3. The summed E-state index contributed by atoms with van der Waals surface area (Å²) in [6.07, 6.45) is 0. The topological polar surface area (TPSA) is 94.2 Å². The van der Waals surface area contributed by atoms with Gasteiger partial charge >= 0.3 is 0 Å². The zero-order chi connectivity index (χ0) is 25.3. The first-order valence-electron chi connectivity index (χ1n) is 10.9. The van der Waals surface area contributed by atoms with Crippen LogP contribution in [0.25, 0.3) is 0 Å². The average molecular weight is 503 g/mol. The van der Waals surface area contributed by atoms with Crippen molar-refractivity contribution in [1.29, 1.82) is 0 Å². The molecule has 0 fully saturated rings. The number of anilines is 1. The molecule has 0 aliphatic heterocycles. The van der Waals surface area contributed by atoms with E-state index in [9.17, 15) is 17.6 Å². The lowest BCUT2D eigenvalue weighted by Crippen LogP contribution is -2.41. The molecule has 35 heavy (non-hydrogen) atoms. The van der Waals surface area contributed by atoms with Crippen molar-refractivity contribution in [1.82, 2.24) is 5.32 Å². The zero-order valence-corrected chi connectivity index (χ0v) is 20.3. The van der Waals surface area contributed by atoms with E-state index in [0.717, 1.165) is 16.4 Å². The Kier molecular flexibility index (Phi) is 8.91. The molecule has 0 atom stereocenters. The van der Waals surface area contributed by atoms with E-state index in [1.165, 1.54) is 43.5 Å². The molecule has 10 heteroatoms. The summed E-state index contributed by atoms with van der Waals surface area (Å²) >= 11 is 0. The van der Waals surface area contributed by atoms with Gasteiger partial charge in [-0.05, 0) is 67.6 Å². The number of sulfonamides is 1. The van der Waals surface area contributed by atoms with Crippen LogP contribution in [0.2, 0.25) is 0 Å². The Labute approximate surface area is 204 Å². The Bertz CT molecular complexity index is 1220. The second-order valence-corrected chi connectivity index (χ2v) is 9.10. The third-order valence-corrected chi connectivity index (χ3v) is 6.66. The molecule has 1 amide bonds. The standard InChI is InChI=1S/C25H27FN2O6S/c1-3-33-21-12-14-22(15-13-21)35(30,31)28(20-10-8-19(26)9-11-20)18-25(29)27-16-17-34-24-7-5-4-6-23(24)32-2/h4-15H,3,16-18H2,1-2H3,(H,27,29). The van der Waals surface area contributed by atoms with Gasteiger partial charge in [-0.3, -0.25) is 9.10 Å². The van der Waals surface area contributed by atoms with Crippen molar-refractivity contribution in [3.05, 3.63) is 78.6 Å². The molecule has 3 rings (SSSR count). The molecular weight excluding hydrogens is 475 g/mol. The quantitative estimate of drug-likeness (QED) is 0.380. The number of hydrogen-bond donors (Lipinski definition) is 1. The smallest absolute Gasteiger partial charge is 0.264 e. The lowest BCUT2D eigenvalue weighted by molar-refractivity contribution is -0.119. The summed E-state index contributed by atoms with van der Waals surface area (Å²) < 4.78 is 57.4. The molecule has 186 valence electrons. The van der Waals surface area contributed by atoms with Crippen LogP contribution in [0.4, 0.5) is 10.1 Å². The monoisotopic (exact) mass is 502 g/mol. The SMILES string of the molecule is CCOc1ccc(S(=O)(=O)N(CC(=O)NCCOc2ccccc2OC)c2ccc(F)cc2)cc1. The fourth-order valence-corrected chi connectivity index (χ4v) is 4.62. The van der Waals surface area contributed by atoms with Crippen molar-refractivity contribution in [3.8, 4) is 17.2 Å². The van der Waals surface area contributed by atoms with Gasteiger partial charge in [-0.2, -0.15) is 0 Å². The van der Waals surface area contributed by atoms with Crippen molar-refractivity contribution in [2.45, 2.75) is 11.8 Å². The lowest BCUT2D eigenvalue weighted by Gasteiger charge is -2.24. The first-order chi connectivity index (χ1) is 16.8. The van der Waals surface area contributed by atoms with Crippen molar-refractivity contribution >= 4 is 21.6 Å². The minimum Gasteiger partial charge on any atom is -0.494 e. The third-order valence-electron chi connectivity index (χ3n) is 4.88. The number of methoxy groups -OCH3 is 1. The van der Waals surface area contributed by atoms with Crippen LogP contribution in [-0.2, 0) is 14.8 Å². The zero-order valence-electron chi connectivity index (χ0n) is 19.4. The Balaban J connectivity index is 1.71. The van der Waals surface area contributed by atoms with Gasteiger partial charge in [0.2, 0.25) is 5.91 Å². The highest BCUT2D eigenvalue weighted by molar-refractivity contribution is 7.92. The van der Waals surface area contributed by atoms with E-state index in [1.807, 2.05) is 13.0 Å². The van der Waals surface area contributed by atoms with Gasteiger partial charge in [0.1, 0.15) is 24.7 Å². The number of halogens is 1. The van der Waals surface area contributed by atoms with Crippen LogP contribution in [0, 0.1) is 5.82 Å². The number of hydrogen-bond acceptors (Lipinski definition) is 6. The molecule has 0 aliphatic carbocycles. The van der Waals surface area contributed by atoms with E-state index < -0.39 is 28.3 Å². The van der Waals surface area contributed by atoms with Gasteiger partial charge in [-0.25, -0.2) is 12.8 Å². The maximum Gasteiger partial charge on any atom is 0.264 e. The highest BCUT2D eigenvalue weighted by atomic mass is 32.2. The number of rotatable bonds is 12. The van der Waals surface area contributed by atoms with Crippen LogP contribution < -0.4 is 23.8 Å². The van der Waals surface area contributed by atoms with E-state index in [1.54, 1.807) is 18.2 Å². The van der Waals surface area contributed by atoms with E-state index in [0.29, 0.717) is 23.9 Å². The average Bonchev–Trinajstić information content (AvgIpc) is 2.86. The van der Waals surface area contributed by atoms with Gasteiger partial charge in [-0.1, -0.05) is 12.1 Å².